The van der Waals surface area contributed by atoms with Crippen LogP contribution in [0.5, 0.6) is 23.0 Å². The predicted octanol–water partition coefficient (Wildman–Crippen LogP) is 12.2. The lowest BCUT2D eigenvalue weighted by atomic mass is 9.95. The van der Waals surface area contributed by atoms with Crippen LogP contribution in [-0.2, 0) is 68.2 Å². The van der Waals surface area contributed by atoms with Crippen molar-refractivity contribution < 1.29 is 18.9 Å². The zero-order valence-corrected chi connectivity index (χ0v) is 75.4. The maximum absolute atomic E-state index is 13.0. The first-order chi connectivity index (χ1) is 62.9. The number of nitrogens with zero attached hydrogens (tertiary/aromatic N) is 27. The molecule has 5 aliphatic rings. The standard InChI is InChI=1S/C24H23N7O2.C23H22N8O2.C23H22N8O.C22H22N8O.C2H6/c1-13-5-6-19-17(7-13)14(2)33-21-8-15(12-27-24(21)26)23-18(28-29(3)20(23)11-25)9-16-10-22(32)30(4)31(16)19;1-12-5-6-18-16(7-12)13(2)33-20-8-15(10-26-22(20)25)21-17(28-29(4)19(21)9-24)11-30-14(3)27-23(32)31(18)30;1-12-5-6-15-16(7-12)13(2)32-20-8-14(11-26-23(20)25)21-17(27-30(3)19(21)10-24)9-18-22(15)29-31(4)28-18;1-13-4-5-18-16(8-13)14(2)31-20-9-15(11-25-22(20)24)21-17(27-28(3)19(21)10-23)12-29-7-6-26-30(18)29;1-2/h5-8,10,12,14H,9H2,1-4H3,(H2,26,27);5-8,10,13H,11H2,1-4H3,(H2,25,26);5-8,11,13H,9H2,1-4H3,(H2,25,26);4-6,8-9,11,14H,7,12H2,1-3H3,(H2,24,25);1-2H3/t14-;2*13-;14-;/m1111./s1. The van der Waals surface area contributed by atoms with Crippen LogP contribution in [0.4, 0.5) is 29.0 Å². The number of ether oxygens (including phenoxy) is 4. The van der Waals surface area contributed by atoms with Crippen LogP contribution in [-0.4, -0.2) is 116 Å². The summed E-state index contributed by atoms with van der Waals surface area (Å²) in [7, 11) is 10.5. The number of hydrazone groups is 1. The number of nitrogens with two attached hydrogens (primary N) is 4. The second-order valence-electron chi connectivity index (χ2n) is 32.3. The first-order valence-corrected chi connectivity index (χ1v) is 42.3. The average Bonchev–Trinajstić information content (AvgIpc) is 1.65. The summed E-state index contributed by atoms with van der Waals surface area (Å²) in [6.07, 6.45) is 7.72. The molecule has 0 spiro atoms. The largest absolute Gasteiger partial charge is 0.482 e. The lowest BCUT2D eigenvalue weighted by Crippen LogP contribution is -2.36. The van der Waals surface area contributed by atoms with Crippen molar-refractivity contribution >= 4 is 35.2 Å². The lowest BCUT2D eigenvalue weighted by molar-refractivity contribution is 0.225. The Kier molecular flexibility index (Phi) is 23.6. The molecule has 11 aromatic heterocycles. The van der Waals surface area contributed by atoms with E-state index in [0.717, 1.165) is 101 Å². The van der Waals surface area contributed by atoms with E-state index in [2.05, 4.69) is 108 Å². The maximum Gasteiger partial charge on any atom is 0.368 e. The highest BCUT2D eigenvalue weighted by Gasteiger charge is 2.35. The highest BCUT2D eigenvalue weighted by Crippen LogP contribution is 2.45. The van der Waals surface area contributed by atoms with Gasteiger partial charge >= 0.3 is 5.69 Å². The monoisotopic (exact) mass is 1750 g/mol. The van der Waals surface area contributed by atoms with Crippen LogP contribution in [0.1, 0.15) is 173 Å². The van der Waals surface area contributed by atoms with Gasteiger partial charge in [-0.15, -0.1) is 0 Å². The molecule has 37 nitrogen and oxygen atoms in total. The minimum Gasteiger partial charge on any atom is -0.482 e. The third-order valence-electron chi connectivity index (χ3n) is 23.3. The Labute approximate surface area is 753 Å². The third kappa shape index (κ3) is 16.3. The van der Waals surface area contributed by atoms with Crippen LogP contribution < -0.4 is 58.2 Å². The van der Waals surface area contributed by atoms with Crippen LogP contribution >= 0.6 is 0 Å². The van der Waals surface area contributed by atoms with E-state index in [1.54, 1.807) is 120 Å². The average molecular weight is 1760 g/mol. The molecule has 8 bridgehead atoms. The molecule has 5 aliphatic heterocycles. The highest BCUT2D eigenvalue weighted by molar-refractivity contribution is 5.79. The number of hydrogen-bond acceptors (Lipinski definition) is 28. The summed E-state index contributed by atoms with van der Waals surface area (Å²) >= 11 is 0. The van der Waals surface area contributed by atoms with Crippen molar-refractivity contribution in [3.05, 3.63) is 256 Å². The number of nitrogen functional groups attached to an aromatic ring is 4. The second-order valence-corrected chi connectivity index (χ2v) is 32.3. The first-order valence-electron chi connectivity index (χ1n) is 42.3. The van der Waals surface area contributed by atoms with Gasteiger partial charge in [-0.1, -0.05) is 90.7 Å². The SMILES string of the molecule is CC.Cc1ccc2c(c1)[C@@H](C)Oc1cc(cnc1N)-c1c(nn(C)c1C#N)CN1CC=NN21.Cc1ccc2c(c1)[C@@H](C)Oc1cc(cnc1N)-c1c(nn(C)c1C#N)Cc1cc(=O)n(C)n1-2.Cc1ccc2c(c1)[C@@H](C)Oc1cc(cnc1N)-c1c(nn(C)c1C#N)Cc1nn(C)nc1-2.Cc1ccc2c(c1)[C@@H](C)Oc1cc(cnc1N)-c1c(nn(C)c1C#N)Cn1c(C)nc(=O)n1-2. The fraction of sp³-hybridized carbons (Fsp3) is 0.277. The summed E-state index contributed by atoms with van der Waals surface area (Å²) < 4.78 is 38.2. The fourth-order valence-electron chi connectivity index (χ4n) is 17.1. The Hall–Kier alpha value is -16.8. The number of pyridine rings is 4. The molecule has 0 unspecified atom stereocenters. The summed E-state index contributed by atoms with van der Waals surface area (Å²) in [5.74, 6) is 3.36. The number of rotatable bonds is 0. The molecule has 4 aromatic carbocycles. The van der Waals surface area contributed by atoms with Gasteiger partial charge in [0, 0.05) is 165 Å². The van der Waals surface area contributed by atoms with Crippen LogP contribution in [0, 0.1) is 79.9 Å². The van der Waals surface area contributed by atoms with E-state index < -0.39 is 11.8 Å². The molecular weight excluding hydrogens is 1660 g/mol. The van der Waals surface area contributed by atoms with Gasteiger partial charge in [0.2, 0.25) is 0 Å². The summed E-state index contributed by atoms with van der Waals surface area (Å²) in [6, 6.07) is 42.1. The van der Waals surface area contributed by atoms with E-state index >= 15 is 0 Å². The van der Waals surface area contributed by atoms with Crippen molar-refractivity contribution in [3.63, 3.8) is 0 Å². The van der Waals surface area contributed by atoms with Gasteiger partial charge in [0.25, 0.3) is 5.56 Å². The molecule has 0 radical (unpaired) electrons. The minimum atomic E-state index is -0.446. The molecule has 37 heteroatoms. The predicted molar refractivity (Wildman–Crippen MR) is 491 cm³/mol. The molecule has 4 atom stereocenters. The molecule has 20 rings (SSSR count). The molecule has 662 valence electrons. The number of fused-ring (bicyclic) bond motifs is 28. The van der Waals surface area contributed by atoms with Crippen molar-refractivity contribution in [1.82, 2.24) is 103 Å². The van der Waals surface area contributed by atoms with Crippen molar-refractivity contribution in [2.75, 3.05) is 34.6 Å². The van der Waals surface area contributed by atoms with Gasteiger partial charge in [-0.2, -0.15) is 81.3 Å². The molecule has 131 heavy (non-hydrogen) atoms. The summed E-state index contributed by atoms with van der Waals surface area (Å²) in [5, 5.41) is 75.6. The van der Waals surface area contributed by atoms with Crippen LogP contribution in [0.25, 0.3) is 67.1 Å². The number of anilines is 5. The number of benzene rings is 4. The third-order valence-corrected chi connectivity index (χ3v) is 23.3. The van der Waals surface area contributed by atoms with Gasteiger partial charge < -0.3 is 41.9 Å². The molecule has 0 saturated heterocycles. The van der Waals surface area contributed by atoms with E-state index in [1.165, 1.54) is 9.36 Å². The van der Waals surface area contributed by atoms with Gasteiger partial charge in [-0.05, 0) is 105 Å². The van der Waals surface area contributed by atoms with E-state index in [1.807, 2.05) is 152 Å². The number of hydrazine groups is 1. The molecule has 0 saturated carbocycles. The summed E-state index contributed by atoms with van der Waals surface area (Å²) in [5.41, 5.74) is 47.6. The second kappa shape index (κ2) is 35.2. The van der Waals surface area contributed by atoms with E-state index in [0.29, 0.717) is 134 Å². The smallest absolute Gasteiger partial charge is 0.368 e. The van der Waals surface area contributed by atoms with Gasteiger partial charge in [0.1, 0.15) is 83.0 Å². The Morgan fingerprint density at radius 2 is 0.794 bits per heavy atom. The number of hydrogen-bond donors (Lipinski definition) is 4. The van der Waals surface area contributed by atoms with Crippen molar-refractivity contribution in [2.45, 2.75) is 127 Å². The quantitative estimate of drug-likeness (QED) is 0.110. The number of nitriles is 4. The van der Waals surface area contributed by atoms with Crippen LogP contribution in [0.2, 0.25) is 0 Å². The topological polar surface area (TPSA) is 475 Å². The minimum absolute atomic E-state index is 0.135. The normalized spacial score (nSPS) is 15.2. The lowest BCUT2D eigenvalue weighted by Gasteiger charge is -2.30. The van der Waals surface area contributed by atoms with Gasteiger partial charge in [-0.25, -0.2) is 29.4 Å². The van der Waals surface area contributed by atoms with E-state index in [-0.39, 0.29) is 47.9 Å². The van der Waals surface area contributed by atoms with Gasteiger partial charge in [-0.3, -0.25) is 32.9 Å². The maximum atomic E-state index is 13.0. The molecule has 15 aromatic rings. The van der Waals surface area contributed by atoms with Gasteiger partial charge in [0.05, 0.1) is 70.9 Å². The Morgan fingerprint density at radius 3 is 1.24 bits per heavy atom. The fourth-order valence-corrected chi connectivity index (χ4v) is 17.1. The zero-order chi connectivity index (χ0) is 93.1. The van der Waals surface area contributed by atoms with Gasteiger partial charge in [0.15, 0.2) is 46.3 Å². The zero-order valence-electron chi connectivity index (χ0n) is 75.4. The van der Waals surface area contributed by atoms with Crippen molar-refractivity contribution in [3.8, 4) is 114 Å². The molecular formula is C94H95N31O6. The first kappa shape index (κ1) is 87.7. The Morgan fingerprint density at radius 1 is 0.420 bits per heavy atom. The molecule has 0 fully saturated rings. The molecule has 0 amide bonds. The number of aryl methyl sites for hydroxylation is 10. The highest BCUT2D eigenvalue weighted by atomic mass is 16.5. The molecule has 16 heterocycles. The Balaban J connectivity index is 0.000000127. The molecule has 0 aliphatic carbocycles. The van der Waals surface area contributed by atoms with Crippen LogP contribution in [0.3, 0.4) is 0 Å². The summed E-state index contributed by atoms with van der Waals surface area (Å²) in [4.78, 5) is 48.8. The van der Waals surface area contributed by atoms with Crippen molar-refractivity contribution in [1.29, 1.82) is 21.0 Å². The van der Waals surface area contributed by atoms with E-state index in [9.17, 15) is 30.6 Å². The Bertz CT molecular complexity index is 7440. The summed E-state index contributed by atoms with van der Waals surface area (Å²) in [6.45, 7) is 23.0. The van der Waals surface area contributed by atoms with E-state index in [4.69, 9.17) is 41.9 Å². The molecule has 8 N–H and O–H groups in total. The van der Waals surface area contributed by atoms with Crippen molar-refractivity contribution in [2.24, 2.45) is 47.4 Å². The number of aromatic nitrogens is 20. The van der Waals surface area contributed by atoms with Crippen LogP contribution in [0.15, 0.2) is 143 Å².